The number of carbonyl (C=O) groups is 2. The third kappa shape index (κ3) is 3.39. The Kier molecular flexibility index (Phi) is 4.67. The molecule has 1 aliphatic heterocycles. The summed E-state index contributed by atoms with van der Waals surface area (Å²) in [5.41, 5.74) is 0.600. The summed E-state index contributed by atoms with van der Waals surface area (Å²) in [6.45, 7) is 0.990. The van der Waals surface area contributed by atoms with Gasteiger partial charge in [-0.15, -0.1) is 0 Å². The van der Waals surface area contributed by atoms with Gasteiger partial charge in [-0.2, -0.15) is 0 Å². The number of benzene rings is 1. The van der Waals surface area contributed by atoms with E-state index in [1.165, 1.54) is 0 Å². The van der Waals surface area contributed by atoms with E-state index in [0.29, 0.717) is 36.5 Å². The van der Waals surface area contributed by atoms with Gasteiger partial charge >= 0.3 is 5.97 Å². The van der Waals surface area contributed by atoms with Crippen molar-refractivity contribution in [2.24, 2.45) is 5.92 Å². The Balaban J connectivity index is 2.05. The van der Waals surface area contributed by atoms with Crippen molar-refractivity contribution < 1.29 is 14.7 Å². The average molecular weight is 394 g/mol. The van der Waals surface area contributed by atoms with Gasteiger partial charge in [0.15, 0.2) is 0 Å². The zero-order chi connectivity index (χ0) is 14.0. The molecule has 1 fully saturated rings. The Morgan fingerprint density at radius 1 is 1.32 bits per heavy atom. The van der Waals surface area contributed by atoms with Crippen molar-refractivity contribution in [1.29, 1.82) is 0 Å². The smallest absolute Gasteiger partial charge is 0.306 e. The molecule has 0 saturated carbocycles. The molecule has 0 aromatic heterocycles. The van der Waals surface area contributed by atoms with Gasteiger partial charge in [0.2, 0.25) is 0 Å². The molecule has 1 amide bonds. The molecule has 0 radical (unpaired) electrons. The van der Waals surface area contributed by atoms with Crippen molar-refractivity contribution in [2.45, 2.75) is 12.8 Å². The van der Waals surface area contributed by atoms with Crippen LogP contribution in [0, 0.1) is 9.49 Å². The van der Waals surface area contributed by atoms with Gasteiger partial charge in [-0.1, -0.05) is 11.6 Å². The predicted octanol–water partition coefficient (Wildman–Crippen LogP) is 2.88. The average Bonchev–Trinajstić information content (AvgIpc) is 2.41. The molecular formula is C13H13ClINO3. The van der Waals surface area contributed by atoms with Gasteiger partial charge < -0.3 is 10.0 Å². The number of hydrogen-bond donors (Lipinski definition) is 1. The Morgan fingerprint density at radius 3 is 2.47 bits per heavy atom. The van der Waals surface area contributed by atoms with E-state index in [4.69, 9.17) is 16.7 Å². The van der Waals surface area contributed by atoms with Crippen LogP contribution in [0.4, 0.5) is 0 Å². The maximum absolute atomic E-state index is 12.3. The molecule has 0 atom stereocenters. The lowest BCUT2D eigenvalue weighted by molar-refractivity contribution is -0.143. The molecule has 4 nitrogen and oxygen atoms in total. The molecule has 1 aromatic rings. The fourth-order valence-electron chi connectivity index (χ4n) is 2.14. The summed E-state index contributed by atoms with van der Waals surface area (Å²) in [6.07, 6.45) is 1.04. The molecule has 1 saturated heterocycles. The summed E-state index contributed by atoms with van der Waals surface area (Å²) in [6, 6.07) is 5.17. The topological polar surface area (TPSA) is 57.6 Å². The maximum atomic E-state index is 12.3. The molecule has 0 spiro atoms. The highest BCUT2D eigenvalue weighted by atomic mass is 127. The zero-order valence-corrected chi connectivity index (χ0v) is 13.0. The van der Waals surface area contributed by atoms with E-state index in [1.807, 2.05) is 0 Å². The summed E-state index contributed by atoms with van der Waals surface area (Å²) in [5, 5.41) is 9.55. The van der Waals surface area contributed by atoms with Crippen molar-refractivity contribution in [3.8, 4) is 0 Å². The second-order valence-corrected chi connectivity index (χ2v) is 6.10. The summed E-state index contributed by atoms with van der Waals surface area (Å²) < 4.78 is 0.838. The molecule has 1 heterocycles. The lowest BCUT2D eigenvalue weighted by atomic mass is 9.96. The minimum atomic E-state index is -0.770. The molecule has 1 aromatic carbocycles. The first-order valence-corrected chi connectivity index (χ1v) is 7.42. The largest absolute Gasteiger partial charge is 0.481 e. The van der Waals surface area contributed by atoms with Gasteiger partial charge in [-0.3, -0.25) is 9.59 Å². The van der Waals surface area contributed by atoms with Crippen molar-refractivity contribution >= 4 is 46.1 Å². The number of carboxylic acids is 1. The monoisotopic (exact) mass is 393 g/mol. The van der Waals surface area contributed by atoms with E-state index in [-0.39, 0.29) is 11.8 Å². The molecule has 0 bridgehead atoms. The number of piperidine rings is 1. The Labute approximate surface area is 129 Å². The van der Waals surface area contributed by atoms with Gasteiger partial charge in [0, 0.05) is 22.2 Å². The highest BCUT2D eigenvalue weighted by Crippen LogP contribution is 2.23. The SMILES string of the molecule is O=C(O)C1CCN(C(=O)c2ccc(Cl)c(I)c2)CC1. The van der Waals surface area contributed by atoms with E-state index in [9.17, 15) is 9.59 Å². The van der Waals surface area contributed by atoms with Crippen LogP contribution in [0.15, 0.2) is 18.2 Å². The van der Waals surface area contributed by atoms with Crippen LogP contribution in [0.5, 0.6) is 0 Å². The Bertz CT molecular complexity index is 513. The molecule has 1 N–H and O–H groups in total. The second kappa shape index (κ2) is 6.09. The standard InChI is InChI=1S/C13H13ClINO3/c14-10-2-1-9(7-11(10)15)12(17)16-5-3-8(4-6-16)13(18)19/h1-2,7-8H,3-6H2,(H,18,19). The minimum absolute atomic E-state index is 0.0570. The molecule has 102 valence electrons. The fourth-order valence-corrected chi connectivity index (χ4v) is 2.77. The maximum Gasteiger partial charge on any atom is 0.306 e. The van der Waals surface area contributed by atoms with Crippen molar-refractivity contribution in [2.75, 3.05) is 13.1 Å². The van der Waals surface area contributed by atoms with Crippen LogP contribution in [-0.2, 0) is 4.79 Å². The highest BCUT2D eigenvalue weighted by Gasteiger charge is 2.27. The molecule has 1 aliphatic rings. The molecule has 19 heavy (non-hydrogen) atoms. The normalized spacial score (nSPS) is 16.4. The van der Waals surface area contributed by atoms with Gasteiger partial charge in [0.1, 0.15) is 0 Å². The summed E-state index contributed by atoms with van der Waals surface area (Å²) in [4.78, 5) is 24.8. The van der Waals surface area contributed by atoms with Crippen LogP contribution in [0.25, 0.3) is 0 Å². The van der Waals surface area contributed by atoms with Crippen LogP contribution >= 0.6 is 34.2 Å². The Morgan fingerprint density at radius 2 is 1.95 bits per heavy atom. The van der Waals surface area contributed by atoms with Crippen LogP contribution in [-0.4, -0.2) is 35.0 Å². The van der Waals surface area contributed by atoms with Gasteiger partial charge in [-0.05, 0) is 53.6 Å². The first kappa shape index (κ1) is 14.6. The lowest BCUT2D eigenvalue weighted by Crippen LogP contribution is -2.40. The summed E-state index contributed by atoms with van der Waals surface area (Å²) in [5.74, 6) is -1.15. The second-order valence-electron chi connectivity index (χ2n) is 4.53. The molecular weight excluding hydrogens is 381 g/mol. The van der Waals surface area contributed by atoms with Crippen LogP contribution in [0.3, 0.4) is 0 Å². The van der Waals surface area contributed by atoms with E-state index in [2.05, 4.69) is 22.6 Å². The number of halogens is 2. The van der Waals surface area contributed by atoms with Gasteiger partial charge in [-0.25, -0.2) is 0 Å². The number of carboxylic acid groups (broad SMARTS) is 1. The van der Waals surface area contributed by atoms with E-state index >= 15 is 0 Å². The number of nitrogens with zero attached hydrogens (tertiary/aromatic N) is 1. The first-order chi connectivity index (χ1) is 8.99. The lowest BCUT2D eigenvalue weighted by Gasteiger charge is -2.30. The Hall–Kier alpha value is -0.820. The number of carbonyl (C=O) groups excluding carboxylic acids is 1. The molecule has 0 unspecified atom stereocenters. The fraction of sp³-hybridized carbons (Fsp3) is 0.385. The van der Waals surface area contributed by atoms with E-state index < -0.39 is 5.97 Å². The number of hydrogen-bond acceptors (Lipinski definition) is 2. The van der Waals surface area contributed by atoms with Gasteiger partial charge in [0.05, 0.1) is 10.9 Å². The third-order valence-corrected chi connectivity index (χ3v) is 4.84. The van der Waals surface area contributed by atoms with Crippen LogP contribution in [0.2, 0.25) is 5.02 Å². The van der Waals surface area contributed by atoms with Crippen LogP contribution in [0.1, 0.15) is 23.2 Å². The number of rotatable bonds is 2. The quantitative estimate of drug-likeness (QED) is 0.786. The number of amides is 1. The zero-order valence-electron chi connectivity index (χ0n) is 10.1. The molecule has 6 heteroatoms. The van der Waals surface area contributed by atoms with E-state index in [0.717, 1.165) is 3.57 Å². The predicted molar refractivity (Wildman–Crippen MR) is 80.4 cm³/mol. The third-order valence-electron chi connectivity index (χ3n) is 3.30. The van der Waals surface area contributed by atoms with Crippen molar-refractivity contribution in [3.05, 3.63) is 32.4 Å². The molecule has 2 rings (SSSR count). The van der Waals surface area contributed by atoms with E-state index in [1.54, 1.807) is 23.1 Å². The van der Waals surface area contributed by atoms with Crippen LogP contribution < -0.4 is 0 Å². The summed E-state index contributed by atoms with van der Waals surface area (Å²) >= 11 is 8.01. The first-order valence-electron chi connectivity index (χ1n) is 5.96. The minimum Gasteiger partial charge on any atom is -0.481 e. The number of aliphatic carboxylic acids is 1. The summed E-state index contributed by atoms with van der Waals surface area (Å²) in [7, 11) is 0. The van der Waals surface area contributed by atoms with Crippen molar-refractivity contribution in [3.63, 3.8) is 0 Å². The number of likely N-dealkylation sites (tertiary alicyclic amines) is 1. The molecule has 0 aliphatic carbocycles. The van der Waals surface area contributed by atoms with Gasteiger partial charge in [0.25, 0.3) is 5.91 Å². The van der Waals surface area contributed by atoms with Crippen molar-refractivity contribution in [1.82, 2.24) is 4.90 Å². The highest BCUT2D eigenvalue weighted by molar-refractivity contribution is 14.1.